The molecule has 0 heterocycles. The zero-order valence-corrected chi connectivity index (χ0v) is 16.8. The lowest BCUT2D eigenvalue weighted by atomic mass is 10.2. The van der Waals surface area contributed by atoms with Gasteiger partial charge in [0.15, 0.2) is 0 Å². The fraction of sp³-hybridized carbons (Fsp3) is 0.333. The van der Waals surface area contributed by atoms with Gasteiger partial charge in [-0.05, 0) is 37.6 Å². The van der Waals surface area contributed by atoms with E-state index >= 15 is 0 Å². The molecule has 5 nitrogen and oxygen atoms in total. The first-order valence-electron chi connectivity index (χ1n) is 8.93. The Hall–Kier alpha value is -2.47. The molecular formula is C21H26N2O3S. The molecule has 0 spiro atoms. The molecule has 0 aliphatic heterocycles. The molecule has 27 heavy (non-hydrogen) atoms. The lowest BCUT2D eigenvalue weighted by Crippen LogP contribution is -2.39. The molecule has 2 aromatic rings. The molecule has 2 amide bonds. The Bertz CT molecular complexity index is 762. The van der Waals surface area contributed by atoms with E-state index in [0.29, 0.717) is 23.7 Å². The summed E-state index contributed by atoms with van der Waals surface area (Å²) in [6.45, 7) is 4.60. The van der Waals surface area contributed by atoms with Gasteiger partial charge in [-0.3, -0.25) is 9.59 Å². The summed E-state index contributed by atoms with van der Waals surface area (Å²) in [6, 6.07) is 15.3. The van der Waals surface area contributed by atoms with Crippen molar-refractivity contribution in [2.45, 2.75) is 25.2 Å². The third kappa shape index (κ3) is 6.64. The summed E-state index contributed by atoms with van der Waals surface area (Å²) >= 11 is 1.49. The van der Waals surface area contributed by atoms with E-state index in [2.05, 4.69) is 5.32 Å². The molecule has 2 aromatic carbocycles. The lowest BCUT2D eigenvalue weighted by Gasteiger charge is -2.22. The minimum absolute atomic E-state index is 0.0270. The Morgan fingerprint density at radius 2 is 1.81 bits per heavy atom. The summed E-state index contributed by atoms with van der Waals surface area (Å²) < 4.78 is 5.24. The number of hydrogen-bond acceptors (Lipinski definition) is 4. The minimum Gasteiger partial charge on any atom is -0.495 e. The van der Waals surface area contributed by atoms with E-state index in [4.69, 9.17) is 4.74 Å². The van der Waals surface area contributed by atoms with Crippen molar-refractivity contribution < 1.29 is 14.3 Å². The third-order valence-corrected chi connectivity index (χ3v) is 4.94. The van der Waals surface area contributed by atoms with Crippen molar-refractivity contribution in [3.63, 3.8) is 0 Å². The van der Waals surface area contributed by atoms with E-state index in [-0.39, 0.29) is 18.4 Å². The molecule has 6 heteroatoms. The van der Waals surface area contributed by atoms with Crippen molar-refractivity contribution >= 4 is 29.3 Å². The molecule has 0 aromatic heterocycles. The maximum atomic E-state index is 12.6. The first-order chi connectivity index (χ1) is 13.0. The fourth-order valence-electron chi connectivity index (χ4n) is 2.54. The Balaban J connectivity index is 1.93. The van der Waals surface area contributed by atoms with Crippen molar-refractivity contribution in [2.24, 2.45) is 0 Å². The smallest absolute Gasteiger partial charge is 0.244 e. The number of methoxy groups -OCH3 is 1. The average Bonchev–Trinajstić information content (AvgIpc) is 2.67. The Morgan fingerprint density at radius 3 is 2.48 bits per heavy atom. The number of carbonyl (C=O) groups excluding carboxylic acids is 2. The summed E-state index contributed by atoms with van der Waals surface area (Å²) in [5, 5.41) is 2.82. The van der Waals surface area contributed by atoms with Crippen LogP contribution >= 0.6 is 11.8 Å². The maximum absolute atomic E-state index is 12.6. The molecule has 0 saturated carbocycles. The second kappa shape index (κ2) is 10.6. The van der Waals surface area contributed by atoms with Crippen LogP contribution in [0.2, 0.25) is 0 Å². The van der Waals surface area contributed by atoms with E-state index in [9.17, 15) is 9.59 Å². The van der Waals surface area contributed by atoms with Crippen molar-refractivity contribution in [1.29, 1.82) is 0 Å². The van der Waals surface area contributed by atoms with Gasteiger partial charge < -0.3 is 15.0 Å². The van der Waals surface area contributed by atoms with E-state index in [1.807, 2.05) is 50.2 Å². The molecule has 0 atom stereocenters. The highest BCUT2D eigenvalue weighted by molar-refractivity contribution is 8.00. The third-order valence-electron chi connectivity index (χ3n) is 3.95. The highest BCUT2D eigenvalue weighted by atomic mass is 32.2. The first-order valence-corrected chi connectivity index (χ1v) is 9.92. The van der Waals surface area contributed by atoms with Gasteiger partial charge in [-0.1, -0.05) is 36.8 Å². The predicted octanol–water partition coefficient (Wildman–Crippen LogP) is 3.97. The molecule has 0 aliphatic carbocycles. The summed E-state index contributed by atoms with van der Waals surface area (Å²) in [5.74, 6) is 0.624. The van der Waals surface area contributed by atoms with E-state index in [1.165, 1.54) is 17.3 Å². The van der Waals surface area contributed by atoms with Gasteiger partial charge in [0.05, 0.1) is 25.1 Å². The van der Waals surface area contributed by atoms with Crippen LogP contribution in [-0.4, -0.2) is 42.7 Å². The number of aryl methyl sites for hydroxylation is 1. The highest BCUT2D eigenvalue weighted by Crippen LogP contribution is 2.23. The van der Waals surface area contributed by atoms with E-state index in [0.717, 1.165) is 11.3 Å². The predicted molar refractivity (Wildman–Crippen MR) is 110 cm³/mol. The van der Waals surface area contributed by atoms with Crippen LogP contribution in [0, 0.1) is 6.92 Å². The fourth-order valence-corrected chi connectivity index (χ4v) is 3.34. The van der Waals surface area contributed by atoms with Crippen LogP contribution in [0.4, 0.5) is 5.69 Å². The van der Waals surface area contributed by atoms with Crippen LogP contribution in [-0.2, 0) is 9.59 Å². The number of thioether (sulfide) groups is 1. The van der Waals surface area contributed by atoms with Gasteiger partial charge in [0, 0.05) is 11.4 Å². The molecule has 0 bridgehead atoms. The topological polar surface area (TPSA) is 58.6 Å². The average molecular weight is 387 g/mol. The van der Waals surface area contributed by atoms with Crippen LogP contribution < -0.4 is 10.1 Å². The quantitative estimate of drug-likeness (QED) is 0.663. The summed E-state index contributed by atoms with van der Waals surface area (Å²) in [7, 11) is 1.56. The van der Waals surface area contributed by atoms with Crippen LogP contribution in [0.1, 0.15) is 18.9 Å². The molecule has 0 unspecified atom stereocenters. The summed E-state index contributed by atoms with van der Waals surface area (Å²) in [5.41, 5.74) is 1.79. The lowest BCUT2D eigenvalue weighted by molar-refractivity contribution is -0.132. The molecule has 0 aliphatic rings. The van der Waals surface area contributed by atoms with Crippen molar-refractivity contribution in [2.75, 3.05) is 31.3 Å². The molecule has 2 rings (SSSR count). The number of rotatable bonds is 9. The van der Waals surface area contributed by atoms with Gasteiger partial charge in [-0.25, -0.2) is 0 Å². The second-order valence-corrected chi connectivity index (χ2v) is 7.21. The number of anilines is 1. The number of nitrogens with zero attached hydrogens (tertiary/aromatic N) is 1. The van der Waals surface area contributed by atoms with Crippen LogP contribution in [0.3, 0.4) is 0 Å². The standard InChI is InChI=1S/C21H26N2O3S/c1-4-13-23(21(25)15-27-17-11-9-16(2)10-12-17)14-20(24)22-18-7-5-6-8-19(18)26-3/h5-12H,4,13-15H2,1-3H3,(H,22,24). The van der Waals surface area contributed by atoms with Gasteiger partial charge in [-0.2, -0.15) is 0 Å². The molecular weight excluding hydrogens is 360 g/mol. The molecule has 144 valence electrons. The van der Waals surface area contributed by atoms with Gasteiger partial charge in [-0.15, -0.1) is 11.8 Å². The Kier molecular flexibility index (Phi) is 8.20. The van der Waals surface area contributed by atoms with Crippen LogP contribution in [0.5, 0.6) is 5.75 Å². The van der Waals surface area contributed by atoms with E-state index < -0.39 is 0 Å². The minimum atomic E-state index is -0.235. The Morgan fingerprint density at radius 1 is 1.11 bits per heavy atom. The SMILES string of the molecule is CCCN(CC(=O)Nc1ccccc1OC)C(=O)CSc1ccc(C)cc1. The maximum Gasteiger partial charge on any atom is 0.244 e. The van der Waals surface area contributed by atoms with Crippen LogP contribution in [0.25, 0.3) is 0 Å². The number of benzene rings is 2. The van der Waals surface area contributed by atoms with Crippen LogP contribution in [0.15, 0.2) is 53.4 Å². The van der Waals surface area contributed by atoms with Crippen molar-refractivity contribution in [1.82, 2.24) is 4.90 Å². The number of nitrogens with one attached hydrogen (secondary N) is 1. The zero-order valence-electron chi connectivity index (χ0n) is 16.0. The number of amides is 2. The first kappa shape index (κ1) is 20.8. The zero-order chi connectivity index (χ0) is 19.6. The highest BCUT2D eigenvalue weighted by Gasteiger charge is 2.17. The molecule has 0 radical (unpaired) electrons. The van der Waals surface area contributed by atoms with Crippen molar-refractivity contribution in [3.8, 4) is 5.75 Å². The molecule has 0 fully saturated rings. The summed E-state index contributed by atoms with van der Waals surface area (Å²) in [4.78, 5) is 27.6. The van der Waals surface area contributed by atoms with E-state index in [1.54, 1.807) is 24.1 Å². The van der Waals surface area contributed by atoms with Gasteiger partial charge in [0.25, 0.3) is 0 Å². The largest absolute Gasteiger partial charge is 0.495 e. The number of ether oxygens (including phenoxy) is 1. The molecule has 1 N–H and O–H groups in total. The van der Waals surface area contributed by atoms with Crippen molar-refractivity contribution in [3.05, 3.63) is 54.1 Å². The normalized spacial score (nSPS) is 10.3. The van der Waals surface area contributed by atoms with Gasteiger partial charge in [0.2, 0.25) is 11.8 Å². The van der Waals surface area contributed by atoms with Gasteiger partial charge >= 0.3 is 0 Å². The molecule has 0 saturated heterocycles. The Labute approximate surface area is 165 Å². The second-order valence-electron chi connectivity index (χ2n) is 6.17. The number of para-hydroxylation sites is 2. The summed E-state index contributed by atoms with van der Waals surface area (Å²) in [6.07, 6.45) is 0.795. The number of hydrogen-bond donors (Lipinski definition) is 1. The van der Waals surface area contributed by atoms with Gasteiger partial charge in [0.1, 0.15) is 5.75 Å². The monoisotopic (exact) mass is 386 g/mol. The number of carbonyl (C=O) groups is 2.